The Kier molecular flexibility index (Phi) is 3.25. The number of hydrogen-bond acceptors (Lipinski definition) is 4. The van der Waals surface area contributed by atoms with Crippen LogP contribution in [0.5, 0.6) is 11.5 Å². The van der Waals surface area contributed by atoms with E-state index in [1.807, 2.05) is 30.0 Å². The molecule has 2 atom stereocenters. The third-order valence-electron chi connectivity index (χ3n) is 4.88. The first-order chi connectivity index (χ1) is 10.3. The number of carbonyl (C=O) groups is 1. The monoisotopic (exact) mass is 305 g/mol. The molecule has 0 N–H and O–H groups in total. The third kappa shape index (κ3) is 2.18. The normalized spacial score (nSPS) is 29.8. The summed E-state index contributed by atoms with van der Waals surface area (Å²) in [7, 11) is 0. The average Bonchev–Trinajstić information content (AvgIpc) is 3.08. The van der Waals surface area contributed by atoms with Gasteiger partial charge in [0.05, 0.1) is 0 Å². The van der Waals surface area contributed by atoms with Gasteiger partial charge in [-0.15, -0.1) is 0 Å². The summed E-state index contributed by atoms with van der Waals surface area (Å²) in [5.41, 5.74) is 0.721. The van der Waals surface area contributed by atoms with Crippen molar-refractivity contribution in [3.05, 3.63) is 23.8 Å². The summed E-state index contributed by atoms with van der Waals surface area (Å²) in [5.74, 6) is 1.57. The molecule has 3 aliphatic rings. The Hall–Kier alpha value is -1.36. The molecule has 0 saturated carbocycles. The van der Waals surface area contributed by atoms with Crippen molar-refractivity contribution in [2.24, 2.45) is 0 Å². The molecule has 4 nitrogen and oxygen atoms in total. The van der Waals surface area contributed by atoms with Crippen molar-refractivity contribution in [3.63, 3.8) is 0 Å². The summed E-state index contributed by atoms with van der Waals surface area (Å²) in [6, 6.07) is 6.35. The van der Waals surface area contributed by atoms with Crippen molar-refractivity contribution in [1.82, 2.24) is 4.90 Å². The van der Waals surface area contributed by atoms with Gasteiger partial charge in [0.15, 0.2) is 11.5 Å². The fraction of sp³-hybridized carbons (Fsp3) is 0.562. The molecule has 21 heavy (non-hydrogen) atoms. The SMILES string of the molecule is CSC1CC2CCC(C1)N2C(=O)c1ccc2c(c1)OCO2. The Labute approximate surface area is 128 Å². The quantitative estimate of drug-likeness (QED) is 0.842. The van der Waals surface area contributed by atoms with Crippen molar-refractivity contribution in [3.8, 4) is 11.5 Å². The van der Waals surface area contributed by atoms with Crippen LogP contribution in [0.2, 0.25) is 0 Å². The zero-order valence-electron chi connectivity index (χ0n) is 12.1. The lowest BCUT2D eigenvalue weighted by atomic mass is 10.0. The molecule has 2 saturated heterocycles. The van der Waals surface area contributed by atoms with E-state index in [0.29, 0.717) is 23.1 Å². The molecule has 3 aliphatic heterocycles. The topological polar surface area (TPSA) is 38.8 Å². The highest BCUT2D eigenvalue weighted by Crippen LogP contribution is 2.41. The molecule has 2 unspecified atom stereocenters. The maximum atomic E-state index is 12.9. The minimum Gasteiger partial charge on any atom is -0.454 e. The van der Waals surface area contributed by atoms with Gasteiger partial charge in [0.25, 0.3) is 5.91 Å². The lowest BCUT2D eigenvalue weighted by Gasteiger charge is -2.38. The van der Waals surface area contributed by atoms with Gasteiger partial charge in [0.2, 0.25) is 6.79 Å². The van der Waals surface area contributed by atoms with Crippen LogP contribution in [0.1, 0.15) is 36.0 Å². The molecule has 1 amide bonds. The predicted molar refractivity (Wildman–Crippen MR) is 82.1 cm³/mol. The molecular formula is C16H19NO3S. The molecule has 0 aliphatic carbocycles. The first-order valence-electron chi connectivity index (χ1n) is 7.51. The highest BCUT2D eigenvalue weighted by Gasteiger charge is 2.43. The van der Waals surface area contributed by atoms with Crippen LogP contribution < -0.4 is 9.47 Å². The maximum Gasteiger partial charge on any atom is 0.254 e. The van der Waals surface area contributed by atoms with Crippen LogP contribution in [0.3, 0.4) is 0 Å². The van der Waals surface area contributed by atoms with E-state index in [1.54, 1.807) is 0 Å². The number of ether oxygens (including phenoxy) is 2. The van der Waals surface area contributed by atoms with Crippen LogP contribution in [-0.2, 0) is 0 Å². The van der Waals surface area contributed by atoms with Crippen LogP contribution in [0.25, 0.3) is 0 Å². The number of fused-ring (bicyclic) bond motifs is 3. The van der Waals surface area contributed by atoms with Gasteiger partial charge in [-0.3, -0.25) is 4.79 Å². The first-order valence-corrected chi connectivity index (χ1v) is 8.80. The molecule has 0 spiro atoms. The molecule has 3 heterocycles. The van der Waals surface area contributed by atoms with E-state index in [2.05, 4.69) is 11.2 Å². The minimum absolute atomic E-state index is 0.153. The van der Waals surface area contributed by atoms with Crippen molar-refractivity contribution in [2.45, 2.75) is 43.0 Å². The number of rotatable bonds is 2. The van der Waals surface area contributed by atoms with Gasteiger partial charge in [-0.2, -0.15) is 11.8 Å². The Morgan fingerprint density at radius 1 is 1.19 bits per heavy atom. The Morgan fingerprint density at radius 3 is 2.62 bits per heavy atom. The van der Waals surface area contributed by atoms with Gasteiger partial charge < -0.3 is 14.4 Å². The molecule has 112 valence electrons. The molecule has 2 bridgehead atoms. The van der Waals surface area contributed by atoms with E-state index in [0.717, 1.165) is 37.0 Å². The molecule has 2 fully saturated rings. The number of benzene rings is 1. The zero-order chi connectivity index (χ0) is 14.4. The van der Waals surface area contributed by atoms with Gasteiger partial charge in [-0.25, -0.2) is 0 Å². The van der Waals surface area contributed by atoms with Crippen molar-refractivity contribution in [2.75, 3.05) is 13.0 Å². The van der Waals surface area contributed by atoms with Crippen LogP contribution in [0.4, 0.5) is 0 Å². The lowest BCUT2D eigenvalue weighted by Crippen LogP contribution is -2.47. The second-order valence-electron chi connectivity index (χ2n) is 5.99. The number of nitrogens with zero attached hydrogens (tertiary/aromatic N) is 1. The first kappa shape index (κ1) is 13.3. The summed E-state index contributed by atoms with van der Waals surface area (Å²) in [6.45, 7) is 0.247. The number of carbonyl (C=O) groups excluding carboxylic acids is 1. The third-order valence-corrected chi connectivity index (χ3v) is 5.93. The van der Waals surface area contributed by atoms with Gasteiger partial charge >= 0.3 is 0 Å². The zero-order valence-corrected chi connectivity index (χ0v) is 12.9. The summed E-state index contributed by atoms with van der Waals surface area (Å²) >= 11 is 1.94. The Bertz CT molecular complexity index is 563. The summed E-state index contributed by atoms with van der Waals surface area (Å²) < 4.78 is 10.7. The second-order valence-corrected chi connectivity index (χ2v) is 7.13. The molecule has 5 heteroatoms. The van der Waals surface area contributed by atoms with Crippen LogP contribution in [-0.4, -0.2) is 41.2 Å². The molecule has 1 aromatic carbocycles. The Balaban J connectivity index is 1.58. The van der Waals surface area contributed by atoms with Gasteiger partial charge in [-0.1, -0.05) is 0 Å². The van der Waals surface area contributed by atoms with Crippen molar-refractivity contribution >= 4 is 17.7 Å². The lowest BCUT2D eigenvalue weighted by molar-refractivity contribution is 0.0601. The molecule has 0 radical (unpaired) electrons. The van der Waals surface area contributed by atoms with Crippen molar-refractivity contribution < 1.29 is 14.3 Å². The number of amides is 1. The highest BCUT2D eigenvalue weighted by atomic mass is 32.2. The fourth-order valence-electron chi connectivity index (χ4n) is 3.83. The standard InChI is InChI=1S/C16H19NO3S/c1-21-13-7-11-3-4-12(8-13)17(11)16(18)10-2-5-14-15(6-10)20-9-19-14/h2,5-6,11-13H,3-4,7-9H2,1H3. The van der Waals surface area contributed by atoms with E-state index in [1.165, 1.54) is 0 Å². The van der Waals surface area contributed by atoms with Gasteiger partial charge in [-0.05, 0) is 50.1 Å². The van der Waals surface area contributed by atoms with E-state index in [9.17, 15) is 4.79 Å². The van der Waals surface area contributed by atoms with Crippen LogP contribution in [0, 0.1) is 0 Å². The Morgan fingerprint density at radius 2 is 1.90 bits per heavy atom. The van der Waals surface area contributed by atoms with E-state index >= 15 is 0 Å². The number of hydrogen-bond donors (Lipinski definition) is 0. The van der Waals surface area contributed by atoms with Crippen molar-refractivity contribution in [1.29, 1.82) is 0 Å². The fourth-order valence-corrected chi connectivity index (χ4v) is 4.66. The van der Waals surface area contributed by atoms with Gasteiger partial charge in [0, 0.05) is 22.9 Å². The smallest absolute Gasteiger partial charge is 0.254 e. The largest absolute Gasteiger partial charge is 0.454 e. The molecule has 0 aromatic heterocycles. The van der Waals surface area contributed by atoms with E-state index < -0.39 is 0 Å². The summed E-state index contributed by atoms with van der Waals surface area (Å²) in [6.07, 6.45) is 6.75. The van der Waals surface area contributed by atoms with Crippen LogP contribution >= 0.6 is 11.8 Å². The second kappa shape index (κ2) is 5.13. The maximum absolute atomic E-state index is 12.9. The summed E-state index contributed by atoms with van der Waals surface area (Å²) in [4.78, 5) is 15.0. The average molecular weight is 305 g/mol. The number of thioether (sulfide) groups is 1. The summed E-state index contributed by atoms with van der Waals surface area (Å²) in [5, 5.41) is 0.711. The van der Waals surface area contributed by atoms with Crippen LogP contribution in [0.15, 0.2) is 18.2 Å². The van der Waals surface area contributed by atoms with E-state index in [-0.39, 0.29) is 12.7 Å². The molecule has 4 rings (SSSR count). The molecular weight excluding hydrogens is 286 g/mol. The van der Waals surface area contributed by atoms with E-state index in [4.69, 9.17) is 9.47 Å². The van der Waals surface area contributed by atoms with Gasteiger partial charge in [0.1, 0.15) is 0 Å². The predicted octanol–water partition coefficient (Wildman–Crippen LogP) is 2.91. The highest BCUT2D eigenvalue weighted by molar-refractivity contribution is 7.99. The minimum atomic E-state index is 0.153. The number of piperidine rings is 1. The molecule has 1 aromatic rings.